The molecule has 268 valence electrons. The first kappa shape index (κ1) is 32.8. The first-order chi connectivity index (χ1) is 27.3. The van der Waals surface area contributed by atoms with E-state index in [2.05, 4.69) is 219 Å². The lowest BCUT2D eigenvalue weighted by Gasteiger charge is -2.30. The van der Waals surface area contributed by atoms with Crippen LogP contribution in [0, 0.1) is 0 Å². The van der Waals surface area contributed by atoms with Gasteiger partial charge in [0.15, 0.2) is 0 Å². The maximum atomic E-state index is 2.50. The summed E-state index contributed by atoms with van der Waals surface area (Å²) >= 11 is 0. The predicted molar refractivity (Wildman–Crippen MR) is 236 cm³/mol. The summed E-state index contributed by atoms with van der Waals surface area (Å²) in [4.78, 5) is 2.50. The van der Waals surface area contributed by atoms with Gasteiger partial charge in [0, 0.05) is 44.2 Å². The summed E-state index contributed by atoms with van der Waals surface area (Å²) in [6, 6.07) is 67.4. The molecule has 0 aliphatic heterocycles. The van der Waals surface area contributed by atoms with Crippen LogP contribution >= 0.6 is 0 Å². The van der Waals surface area contributed by atoms with Crippen molar-refractivity contribution in [1.82, 2.24) is 4.57 Å². The van der Waals surface area contributed by atoms with Gasteiger partial charge in [0.2, 0.25) is 0 Å². The zero-order chi connectivity index (χ0) is 37.8. The maximum absolute atomic E-state index is 2.50. The van der Waals surface area contributed by atoms with Gasteiger partial charge in [0.25, 0.3) is 0 Å². The Hall–Kier alpha value is -6.64. The van der Waals surface area contributed by atoms with E-state index in [1.165, 1.54) is 94.5 Å². The van der Waals surface area contributed by atoms with Gasteiger partial charge in [-0.15, -0.1) is 0 Å². The van der Waals surface area contributed by atoms with E-state index in [9.17, 15) is 0 Å². The molecule has 0 N–H and O–H groups in total. The molecule has 1 aromatic heterocycles. The van der Waals surface area contributed by atoms with E-state index in [-0.39, 0.29) is 10.8 Å². The average Bonchev–Trinajstić information content (AvgIpc) is 3.79. The molecule has 0 spiro atoms. The quantitative estimate of drug-likeness (QED) is 0.172. The lowest BCUT2D eigenvalue weighted by atomic mass is 9.82. The van der Waals surface area contributed by atoms with Crippen molar-refractivity contribution in [2.24, 2.45) is 0 Å². The van der Waals surface area contributed by atoms with Gasteiger partial charge in [-0.3, -0.25) is 0 Å². The topological polar surface area (TPSA) is 8.17 Å². The largest absolute Gasteiger partial charge is 0.310 e. The van der Waals surface area contributed by atoms with Gasteiger partial charge in [-0.05, 0) is 105 Å². The molecular weight excluding hydrogens is 677 g/mol. The van der Waals surface area contributed by atoms with Crippen LogP contribution in [0.15, 0.2) is 182 Å². The van der Waals surface area contributed by atoms with Crippen molar-refractivity contribution in [2.45, 2.75) is 38.5 Å². The van der Waals surface area contributed by atoms with Gasteiger partial charge in [-0.2, -0.15) is 0 Å². The smallest absolute Gasteiger partial charge is 0.0547 e. The fourth-order valence-corrected chi connectivity index (χ4v) is 10.1. The van der Waals surface area contributed by atoms with Crippen molar-refractivity contribution in [3.05, 3.63) is 204 Å². The van der Waals surface area contributed by atoms with Crippen molar-refractivity contribution in [2.75, 3.05) is 4.90 Å². The standard InChI is InChI=1S/C54H42N2/c1-53(2)45-23-12-9-19-42(45)52-46(53)24-15-27-50(52)55(38-32-33-41-40-18-8-11-22-44(40)54(3,4)47(41)34-38)37-30-28-35(29-31-37)39-21-14-26-49-51(39)43-20-10-13-25-48(43)56(49)36-16-6-5-7-17-36/h5-34H,1-4H3. The maximum Gasteiger partial charge on any atom is 0.0547 e. The Bertz CT molecular complexity index is 3020. The van der Waals surface area contributed by atoms with Gasteiger partial charge in [0.1, 0.15) is 0 Å². The minimum Gasteiger partial charge on any atom is -0.310 e. The van der Waals surface area contributed by atoms with Crippen LogP contribution in [0.4, 0.5) is 17.1 Å². The average molecular weight is 719 g/mol. The molecule has 0 atom stereocenters. The molecule has 1 heterocycles. The highest BCUT2D eigenvalue weighted by atomic mass is 15.1. The van der Waals surface area contributed by atoms with Crippen molar-refractivity contribution in [1.29, 1.82) is 0 Å². The summed E-state index contributed by atoms with van der Waals surface area (Å²) in [6.07, 6.45) is 0. The number of aromatic nitrogens is 1. The zero-order valence-corrected chi connectivity index (χ0v) is 32.2. The summed E-state index contributed by atoms with van der Waals surface area (Å²) in [5, 5.41) is 2.53. The molecule has 0 radical (unpaired) electrons. The monoisotopic (exact) mass is 718 g/mol. The number of fused-ring (bicyclic) bond motifs is 9. The third-order valence-corrected chi connectivity index (χ3v) is 12.8. The van der Waals surface area contributed by atoms with E-state index in [1.807, 2.05) is 0 Å². The third-order valence-electron chi connectivity index (χ3n) is 12.8. The Kier molecular flexibility index (Phi) is 6.98. The number of nitrogens with zero attached hydrogens (tertiary/aromatic N) is 2. The highest BCUT2D eigenvalue weighted by molar-refractivity contribution is 6.15. The highest BCUT2D eigenvalue weighted by Gasteiger charge is 2.39. The molecule has 0 saturated heterocycles. The molecule has 0 saturated carbocycles. The summed E-state index contributed by atoms with van der Waals surface area (Å²) < 4.78 is 2.40. The third kappa shape index (κ3) is 4.56. The molecule has 11 rings (SSSR count). The second-order valence-corrected chi connectivity index (χ2v) is 16.5. The zero-order valence-electron chi connectivity index (χ0n) is 32.2. The fourth-order valence-electron chi connectivity index (χ4n) is 10.1. The van der Waals surface area contributed by atoms with Crippen LogP contribution in [-0.4, -0.2) is 4.57 Å². The fraction of sp³-hybridized carbons (Fsp3) is 0.111. The SMILES string of the molecule is CC1(C)c2ccccc2-c2ccc(N(c3ccc(-c4cccc5c4c4ccccc4n5-c4ccccc4)cc3)c3cccc4c3-c3ccccc3C4(C)C)cc21. The summed E-state index contributed by atoms with van der Waals surface area (Å²) in [6.45, 7) is 9.47. The molecule has 0 unspecified atom stereocenters. The molecule has 8 aromatic carbocycles. The lowest BCUT2D eigenvalue weighted by molar-refractivity contribution is 0.660. The van der Waals surface area contributed by atoms with Crippen LogP contribution in [0.3, 0.4) is 0 Å². The van der Waals surface area contributed by atoms with E-state index >= 15 is 0 Å². The van der Waals surface area contributed by atoms with E-state index in [0.29, 0.717) is 0 Å². The molecular formula is C54H42N2. The van der Waals surface area contributed by atoms with Crippen LogP contribution in [0.25, 0.3) is 60.9 Å². The molecule has 2 heteroatoms. The Labute approximate surface area is 328 Å². The van der Waals surface area contributed by atoms with E-state index in [1.54, 1.807) is 0 Å². The van der Waals surface area contributed by atoms with E-state index < -0.39 is 0 Å². The molecule has 2 aliphatic carbocycles. The molecule has 2 nitrogen and oxygen atoms in total. The van der Waals surface area contributed by atoms with Crippen LogP contribution < -0.4 is 4.90 Å². The second-order valence-electron chi connectivity index (χ2n) is 16.5. The number of para-hydroxylation sites is 2. The first-order valence-electron chi connectivity index (χ1n) is 19.8. The van der Waals surface area contributed by atoms with Crippen molar-refractivity contribution in [3.63, 3.8) is 0 Å². The van der Waals surface area contributed by atoms with Crippen LogP contribution in [0.5, 0.6) is 0 Å². The van der Waals surface area contributed by atoms with Gasteiger partial charge in [-0.1, -0.05) is 155 Å². The minimum atomic E-state index is -0.109. The van der Waals surface area contributed by atoms with Gasteiger partial charge in [0.05, 0.1) is 16.7 Å². The molecule has 9 aromatic rings. The van der Waals surface area contributed by atoms with Crippen molar-refractivity contribution in [3.8, 4) is 39.1 Å². The summed E-state index contributed by atoms with van der Waals surface area (Å²) in [5.74, 6) is 0. The summed E-state index contributed by atoms with van der Waals surface area (Å²) in [5.41, 5.74) is 20.1. The lowest BCUT2D eigenvalue weighted by Crippen LogP contribution is -2.17. The Morgan fingerprint density at radius 1 is 0.411 bits per heavy atom. The molecule has 0 fully saturated rings. The van der Waals surface area contributed by atoms with Crippen molar-refractivity contribution < 1.29 is 0 Å². The summed E-state index contributed by atoms with van der Waals surface area (Å²) in [7, 11) is 0. The number of benzene rings is 8. The van der Waals surface area contributed by atoms with Gasteiger partial charge in [-0.25, -0.2) is 0 Å². The van der Waals surface area contributed by atoms with Crippen LogP contribution in [0.1, 0.15) is 49.9 Å². The number of anilines is 3. The predicted octanol–water partition coefficient (Wildman–Crippen LogP) is 14.5. The number of hydrogen-bond donors (Lipinski definition) is 0. The Morgan fingerprint density at radius 3 is 1.79 bits per heavy atom. The number of rotatable bonds is 5. The van der Waals surface area contributed by atoms with Gasteiger partial charge < -0.3 is 9.47 Å². The van der Waals surface area contributed by atoms with Crippen LogP contribution in [-0.2, 0) is 10.8 Å². The highest BCUT2D eigenvalue weighted by Crippen LogP contribution is 2.56. The molecule has 2 aliphatic rings. The molecule has 56 heavy (non-hydrogen) atoms. The minimum absolute atomic E-state index is 0.101. The van der Waals surface area contributed by atoms with E-state index in [4.69, 9.17) is 0 Å². The normalized spacial score (nSPS) is 14.4. The Morgan fingerprint density at radius 2 is 0.982 bits per heavy atom. The Balaban J connectivity index is 1.11. The van der Waals surface area contributed by atoms with Gasteiger partial charge >= 0.3 is 0 Å². The van der Waals surface area contributed by atoms with E-state index in [0.717, 1.165) is 5.69 Å². The first-order valence-corrected chi connectivity index (χ1v) is 19.8. The molecule has 0 bridgehead atoms. The van der Waals surface area contributed by atoms with Crippen molar-refractivity contribution >= 4 is 38.9 Å². The van der Waals surface area contributed by atoms with Crippen LogP contribution in [0.2, 0.25) is 0 Å². The molecule has 0 amide bonds. The second kappa shape index (κ2) is 11.9. The number of hydrogen-bond acceptors (Lipinski definition) is 1.